The van der Waals surface area contributed by atoms with Gasteiger partial charge in [-0.2, -0.15) is 0 Å². The Balaban J connectivity index is 1.24. The van der Waals surface area contributed by atoms with Gasteiger partial charge in [-0.15, -0.1) is 0 Å². The van der Waals surface area contributed by atoms with Gasteiger partial charge in [-0.25, -0.2) is 17.1 Å². The lowest BCUT2D eigenvalue weighted by atomic mass is 9.48. The highest BCUT2D eigenvalue weighted by atomic mass is 32.2. The average molecular weight is 527 g/mol. The Morgan fingerprint density at radius 3 is 2.50 bits per heavy atom. The van der Waals surface area contributed by atoms with E-state index in [9.17, 15) is 18.3 Å². The number of hydrogen-bond acceptors (Lipinski definition) is 5. The molecule has 6 nitrogen and oxygen atoms in total. The van der Waals surface area contributed by atoms with Crippen LogP contribution in [0.4, 0.5) is 4.39 Å². The van der Waals surface area contributed by atoms with Gasteiger partial charge in [0.2, 0.25) is 10.0 Å². The molecular weight excluding hydrogens is 479 g/mol. The molecule has 8 heteroatoms. The molecule has 36 heavy (non-hydrogen) atoms. The van der Waals surface area contributed by atoms with E-state index in [2.05, 4.69) is 11.8 Å². The fourth-order valence-electron chi connectivity index (χ4n) is 9.40. The number of nitrogens with zero attached hydrogens (tertiary/aromatic N) is 2. The van der Waals surface area contributed by atoms with Crippen LogP contribution in [0, 0.1) is 35.0 Å². The van der Waals surface area contributed by atoms with Crippen LogP contribution in [0.15, 0.2) is 0 Å². The Hall–Kier alpha value is -0.570. The molecule has 1 saturated heterocycles. The Kier molecular flexibility index (Phi) is 7.18. The molecule has 0 aromatic rings. The van der Waals surface area contributed by atoms with E-state index in [0.29, 0.717) is 63.1 Å². The van der Waals surface area contributed by atoms with Gasteiger partial charge in [0.15, 0.2) is 0 Å². The van der Waals surface area contributed by atoms with Gasteiger partial charge in [0.05, 0.1) is 17.9 Å². The van der Waals surface area contributed by atoms with Crippen LogP contribution in [-0.4, -0.2) is 78.3 Å². The van der Waals surface area contributed by atoms with Crippen LogP contribution in [-0.2, 0) is 14.8 Å². The number of halogens is 1. The summed E-state index contributed by atoms with van der Waals surface area (Å²) in [7, 11) is -3.19. The van der Waals surface area contributed by atoms with Gasteiger partial charge in [-0.05, 0) is 114 Å². The van der Waals surface area contributed by atoms with Crippen molar-refractivity contribution in [3.05, 3.63) is 0 Å². The van der Waals surface area contributed by atoms with Gasteiger partial charge >= 0.3 is 0 Å². The van der Waals surface area contributed by atoms with Crippen LogP contribution in [0.25, 0.3) is 0 Å². The summed E-state index contributed by atoms with van der Waals surface area (Å²) in [5.74, 6) is 1.29. The van der Waals surface area contributed by atoms with Crippen LogP contribution in [0.5, 0.6) is 0 Å². The average Bonchev–Trinajstić information content (AvgIpc) is 3.00. The first-order valence-corrected chi connectivity index (χ1v) is 16.1. The van der Waals surface area contributed by atoms with E-state index in [-0.39, 0.29) is 28.9 Å². The lowest BCUT2D eigenvalue weighted by Crippen LogP contribution is -2.58. The largest absolute Gasteiger partial charge is 0.390 e. The SMILES string of the molecule is CCS(=O)(=O)N1CCCN(CC(=O)[C@H]2CC[C@H]3[C@@H]4CC[C@@H]5C[C@](C)(O)CC[C@]5(F)[C@H]4CC[C@]23C)CC1. The second kappa shape index (κ2) is 9.56. The molecule has 4 aliphatic carbocycles. The molecule has 5 fully saturated rings. The Morgan fingerprint density at radius 1 is 0.972 bits per heavy atom. The molecule has 1 heterocycles. The number of rotatable bonds is 5. The van der Waals surface area contributed by atoms with Crippen molar-refractivity contribution < 1.29 is 22.7 Å². The van der Waals surface area contributed by atoms with Crippen LogP contribution in [0.3, 0.4) is 0 Å². The molecule has 0 aromatic heterocycles. The zero-order chi connectivity index (χ0) is 25.9. The lowest BCUT2D eigenvalue weighted by molar-refractivity contribution is -0.166. The van der Waals surface area contributed by atoms with Crippen molar-refractivity contribution in [2.45, 2.75) is 96.2 Å². The van der Waals surface area contributed by atoms with Gasteiger partial charge < -0.3 is 5.11 Å². The van der Waals surface area contributed by atoms with Crippen molar-refractivity contribution in [2.24, 2.45) is 35.0 Å². The van der Waals surface area contributed by atoms with Crippen molar-refractivity contribution in [3.8, 4) is 0 Å². The normalized spacial score (nSPS) is 46.4. The van der Waals surface area contributed by atoms with E-state index in [1.165, 1.54) is 0 Å². The predicted octanol–water partition coefficient (Wildman–Crippen LogP) is 4.02. The maximum Gasteiger partial charge on any atom is 0.213 e. The number of hydrogen-bond donors (Lipinski definition) is 1. The Labute approximate surface area is 217 Å². The summed E-state index contributed by atoms with van der Waals surface area (Å²) >= 11 is 0. The van der Waals surface area contributed by atoms with Crippen molar-refractivity contribution in [1.82, 2.24) is 9.21 Å². The summed E-state index contributed by atoms with van der Waals surface area (Å²) in [4.78, 5) is 15.8. The Morgan fingerprint density at radius 2 is 1.75 bits per heavy atom. The monoisotopic (exact) mass is 526 g/mol. The number of ketones is 1. The minimum absolute atomic E-state index is 0.0233. The minimum atomic E-state index is -3.19. The molecule has 0 radical (unpaired) electrons. The van der Waals surface area contributed by atoms with Gasteiger partial charge in [0, 0.05) is 25.6 Å². The van der Waals surface area contributed by atoms with E-state index in [1.807, 2.05) is 6.92 Å². The van der Waals surface area contributed by atoms with Gasteiger partial charge in [-0.3, -0.25) is 9.69 Å². The maximum absolute atomic E-state index is 16.6. The third-order valence-corrected chi connectivity index (χ3v) is 13.3. The standard InChI is InChI=1S/C28H47FN2O4S/c1-4-36(34,35)31-15-5-14-30(16-17-31)19-25(32)24-9-8-22-21-7-6-20-18-26(2,33)12-13-28(20,29)23(21)10-11-27(22,24)3/h20-24,33H,4-19H2,1-3H3/t20-,21+,22+,23+,24-,26-,27+,28-/m1/s1. The molecule has 0 amide bonds. The number of aliphatic hydroxyl groups is 1. The molecule has 8 atom stereocenters. The molecular formula is C28H47FN2O4S. The van der Waals surface area contributed by atoms with Gasteiger partial charge in [0.25, 0.3) is 0 Å². The van der Waals surface area contributed by atoms with Gasteiger partial charge in [-0.1, -0.05) is 6.92 Å². The van der Waals surface area contributed by atoms with Crippen molar-refractivity contribution >= 4 is 15.8 Å². The van der Waals surface area contributed by atoms with Gasteiger partial charge in [0.1, 0.15) is 11.5 Å². The number of carbonyl (C=O) groups is 1. The molecule has 0 spiro atoms. The number of sulfonamides is 1. The highest BCUT2D eigenvalue weighted by Gasteiger charge is 2.63. The molecule has 0 unspecified atom stereocenters. The minimum Gasteiger partial charge on any atom is -0.390 e. The molecule has 0 bridgehead atoms. The number of fused-ring (bicyclic) bond motifs is 5. The first-order valence-electron chi connectivity index (χ1n) is 14.5. The molecule has 5 rings (SSSR count). The number of alkyl halides is 1. The molecule has 0 aromatic carbocycles. The smallest absolute Gasteiger partial charge is 0.213 e. The second-order valence-electron chi connectivity index (χ2n) is 13.3. The van der Waals surface area contributed by atoms with Crippen LogP contribution < -0.4 is 0 Å². The molecule has 5 aliphatic rings. The third-order valence-electron chi connectivity index (χ3n) is 11.4. The highest BCUT2D eigenvalue weighted by molar-refractivity contribution is 7.89. The lowest BCUT2D eigenvalue weighted by Gasteiger charge is -2.59. The molecule has 1 aliphatic heterocycles. The zero-order valence-corrected chi connectivity index (χ0v) is 23.4. The number of carbonyl (C=O) groups excluding carboxylic acids is 1. The van der Waals surface area contributed by atoms with E-state index in [4.69, 9.17) is 0 Å². The van der Waals surface area contributed by atoms with Crippen LogP contribution >= 0.6 is 0 Å². The number of Topliss-reactive ketones (excluding diaryl/α,β-unsaturated/α-hetero) is 1. The third kappa shape index (κ3) is 4.60. The maximum atomic E-state index is 16.6. The Bertz CT molecular complexity index is 957. The first-order chi connectivity index (χ1) is 16.9. The zero-order valence-electron chi connectivity index (χ0n) is 22.6. The molecule has 206 valence electrons. The summed E-state index contributed by atoms with van der Waals surface area (Å²) in [5.41, 5.74) is -1.93. The summed E-state index contributed by atoms with van der Waals surface area (Å²) < 4.78 is 42.8. The quantitative estimate of drug-likeness (QED) is 0.585. The van der Waals surface area contributed by atoms with Crippen molar-refractivity contribution in [3.63, 3.8) is 0 Å². The van der Waals surface area contributed by atoms with E-state index < -0.39 is 21.3 Å². The highest BCUT2D eigenvalue weighted by Crippen LogP contribution is 2.66. The second-order valence-corrected chi connectivity index (χ2v) is 15.6. The first kappa shape index (κ1) is 27.0. The summed E-state index contributed by atoms with van der Waals surface area (Å²) in [6.07, 6.45) is 8.00. The topological polar surface area (TPSA) is 77.9 Å². The summed E-state index contributed by atoms with van der Waals surface area (Å²) in [6.45, 7) is 8.64. The fraction of sp³-hybridized carbons (Fsp3) is 0.964. The van der Waals surface area contributed by atoms with Crippen LogP contribution in [0.1, 0.15) is 85.0 Å². The van der Waals surface area contributed by atoms with Crippen molar-refractivity contribution in [2.75, 3.05) is 38.5 Å². The summed E-state index contributed by atoms with van der Waals surface area (Å²) in [6, 6.07) is 0. The van der Waals surface area contributed by atoms with E-state index >= 15 is 4.39 Å². The molecule has 1 N–H and O–H groups in total. The fourth-order valence-corrected chi connectivity index (χ4v) is 10.5. The van der Waals surface area contributed by atoms with E-state index in [1.54, 1.807) is 11.2 Å². The summed E-state index contributed by atoms with van der Waals surface area (Å²) in [5, 5.41) is 10.6. The predicted molar refractivity (Wildman–Crippen MR) is 139 cm³/mol. The van der Waals surface area contributed by atoms with Crippen molar-refractivity contribution in [1.29, 1.82) is 0 Å². The van der Waals surface area contributed by atoms with Crippen LogP contribution in [0.2, 0.25) is 0 Å². The van der Waals surface area contributed by atoms with E-state index in [0.717, 1.165) is 51.5 Å². The molecule has 4 saturated carbocycles.